The molecule has 4 atom stereocenters. The Morgan fingerprint density at radius 2 is 1.25 bits per heavy atom. The van der Waals surface area contributed by atoms with Gasteiger partial charge in [0.05, 0.1) is 6.04 Å². The summed E-state index contributed by atoms with van der Waals surface area (Å²) in [6.07, 6.45) is 6.16. The van der Waals surface area contributed by atoms with Crippen LogP contribution in [0.25, 0.3) is 0 Å². The van der Waals surface area contributed by atoms with Gasteiger partial charge < -0.3 is 21.3 Å². The van der Waals surface area contributed by atoms with Crippen molar-refractivity contribution >= 4 is 29.4 Å². The van der Waals surface area contributed by atoms with Crippen molar-refractivity contribution in [1.29, 1.82) is 0 Å². The van der Waals surface area contributed by atoms with Gasteiger partial charge in [0, 0.05) is 6.04 Å². The number of nitrogens with one attached hydrogen (secondary N) is 4. The van der Waals surface area contributed by atoms with E-state index in [1.54, 1.807) is 19.9 Å². The molecule has 0 radical (unpaired) electrons. The summed E-state index contributed by atoms with van der Waals surface area (Å²) in [4.78, 5) is 62.2. The highest BCUT2D eigenvalue weighted by Crippen LogP contribution is 2.10. The Morgan fingerprint density at radius 1 is 0.694 bits per heavy atom. The van der Waals surface area contributed by atoms with Gasteiger partial charge in [-0.15, -0.1) is 0 Å². The van der Waals surface area contributed by atoms with Crippen LogP contribution < -0.4 is 21.3 Å². The minimum atomic E-state index is -0.898. The van der Waals surface area contributed by atoms with Crippen LogP contribution in [0.4, 0.5) is 4.79 Å². The number of unbranched alkanes of at least 4 members (excludes halogenated alkanes) is 2. The quantitative estimate of drug-likeness (QED) is 0.188. The summed E-state index contributed by atoms with van der Waals surface area (Å²) in [5.41, 5.74) is 0. The zero-order chi connectivity index (χ0) is 28.0. The molecular weight excluding hydrogens is 460 g/mol. The van der Waals surface area contributed by atoms with Crippen LogP contribution in [0.3, 0.4) is 0 Å². The van der Waals surface area contributed by atoms with Crippen molar-refractivity contribution in [2.45, 2.75) is 112 Å². The fourth-order valence-corrected chi connectivity index (χ4v) is 3.67. The first-order valence-electron chi connectivity index (χ1n) is 13.1. The number of hydrogen-bond acceptors (Lipinski definition) is 5. The molecule has 9 heteroatoms. The van der Waals surface area contributed by atoms with Gasteiger partial charge in [-0.25, -0.2) is 4.79 Å². The number of amides is 4. The smallest absolute Gasteiger partial charge is 0.316 e. The Morgan fingerprint density at radius 3 is 1.69 bits per heavy atom. The molecule has 0 aromatic heterocycles. The van der Waals surface area contributed by atoms with Crippen LogP contribution in [0.1, 0.15) is 88.0 Å². The lowest BCUT2D eigenvalue weighted by molar-refractivity contribution is -0.131. The van der Waals surface area contributed by atoms with E-state index in [-0.39, 0.29) is 41.3 Å². The SMILES string of the molecule is CCCCC[C@H](NC(=O)[C@@H](NC(=O)N[C@H](C(C)=O)C(C)C)C(C)C)C(=O)N[C@H](/C=C/C(C)=O)C(C)C. The number of carbonyl (C=O) groups is 5. The molecular formula is C27H48N4O5. The van der Waals surface area contributed by atoms with Crippen molar-refractivity contribution in [3.63, 3.8) is 0 Å². The maximum atomic E-state index is 13.2. The summed E-state index contributed by atoms with van der Waals surface area (Å²) in [5, 5.41) is 11.1. The molecule has 0 saturated carbocycles. The number of urea groups is 1. The number of ketones is 2. The van der Waals surface area contributed by atoms with Crippen LogP contribution >= 0.6 is 0 Å². The molecule has 0 aliphatic carbocycles. The molecule has 0 aliphatic rings. The number of carbonyl (C=O) groups excluding carboxylic acids is 5. The lowest BCUT2D eigenvalue weighted by Crippen LogP contribution is -2.59. The average molecular weight is 509 g/mol. The molecule has 0 rings (SSSR count). The van der Waals surface area contributed by atoms with E-state index in [2.05, 4.69) is 28.2 Å². The summed E-state index contributed by atoms with van der Waals surface area (Å²) in [6, 6.07) is -3.33. The first-order chi connectivity index (χ1) is 16.7. The van der Waals surface area contributed by atoms with Gasteiger partial charge >= 0.3 is 6.03 Å². The topological polar surface area (TPSA) is 133 Å². The molecule has 0 unspecified atom stereocenters. The second-order valence-corrected chi connectivity index (χ2v) is 10.5. The van der Waals surface area contributed by atoms with Gasteiger partial charge in [-0.05, 0) is 44.1 Å². The fraction of sp³-hybridized carbons (Fsp3) is 0.741. The van der Waals surface area contributed by atoms with Gasteiger partial charge in [0.2, 0.25) is 11.8 Å². The highest BCUT2D eigenvalue weighted by Gasteiger charge is 2.30. The first kappa shape index (κ1) is 33.3. The third kappa shape index (κ3) is 12.8. The fourth-order valence-electron chi connectivity index (χ4n) is 3.67. The molecule has 0 aromatic rings. The minimum Gasteiger partial charge on any atom is -0.348 e. The molecule has 0 spiro atoms. The summed E-state index contributed by atoms with van der Waals surface area (Å²) in [7, 11) is 0. The lowest BCUT2D eigenvalue weighted by Gasteiger charge is -2.28. The molecule has 0 aliphatic heterocycles. The number of hydrogen-bond donors (Lipinski definition) is 4. The molecule has 4 N–H and O–H groups in total. The summed E-state index contributed by atoms with van der Waals surface area (Å²) in [6.45, 7) is 16.0. The predicted octanol–water partition coefficient (Wildman–Crippen LogP) is 3.27. The highest BCUT2D eigenvalue weighted by atomic mass is 16.2. The van der Waals surface area contributed by atoms with Crippen LogP contribution in [0.5, 0.6) is 0 Å². The van der Waals surface area contributed by atoms with Gasteiger partial charge in [0.1, 0.15) is 12.1 Å². The van der Waals surface area contributed by atoms with Crippen molar-refractivity contribution in [2.75, 3.05) is 0 Å². The Labute approximate surface area is 217 Å². The van der Waals surface area contributed by atoms with Crippen molar-refractivity contribution in [3.8, 4) is 0 Å². The Bertz CT molecular complexity index is 776. The summed E-state index contributed by atoms with van der Waals surface area (Å²) < 4.78 is 0. The van der Waals surface area contributed by atoms with Gasteiger partial charge in [-0.2, -0.15) is 0 Å². The third-order valence-electron chi connectivity index (χ3n) is 5.92. The van der Waals surface area contributed by atoms with Crippen LogP contribution in [0.15, 0.2) is 12.2 Å². The molecule has 0 fully saturated rings. The third-order valence-corrected chi connectivity index (χ3v) is 5.92. The van der Waals surface area contributed by atoms with Crippen molar-refractivity contribution in [1.82, 2.24) is 21.3 Å². The van der Waals surface area contributed by atoms with E-state index in [1.165, 1.54) is 19.9 Å². The first-order valence-corrected chi connectivity index (χ1v) is 13.1. The van der Waals surface area contributed by atoms with E-state index in [0.717, 1.165) is 19.3 Å². The molecule has 0 saturated heterocycles. The van der Waals surface area contributed by atoms with Crippen molar-refractivity contribution in [2.24, 2.45) is 17.8 Å². The molecule has 0 aromatic carbocycles. The maximum absolute atomic E-state index is 13.2. The zero-order valence-electron chi connectivity index (χ0n) is 23.6. The molecule has 0 heterocycles. The van der Waals surface area contributed by atoms with E-state index in [0.29, 0.717) is 6.42 Å². The lowest BCUT2D eigenvalue weighted by atomic mass is 10.00. The predicted molar refractivity (Wildman–Crippen MR) is 142 cm³/mol. The summed E-state index contributed by atoms with van der Waals surface area (Å²) in [5.74, 6) is -1.41. The Kier molecular flexibility index (Phi) is 15.6. The van der Waals surface area contributed by atoms with Gasteiger partial charge in [0.15, 0.2) is 11.6 Å². The second-order valence-electron chi connectivity index (χ2n) is 10.5. The van der Waals surface area contributed by atoms with Crippen molar-refractivity contribution < 1.29 is 24.0 Å². The Hall–Kier alpha value is -2.71. The van der Waals surface area contributed by atoms with Gasteiger partial charge in [0.25, 0.3) is 0 Å². The average Bonchev–Trinajstić information content (AvgIpc) is 2.76. The normalized spacial score (nSPS) is 14.9. The molecule has 9 nitrogen and oxygen atoms in total. The molecule has 4 amide bonds. The number of allylic oxidation sites excluding steroid dienone is 1. The standard InChI is InChI=1S/C27H48N4O5/c1-10-11-12-13-22(25(34)28-21(16(2)3)15-14-19(8)32)29-26(35)24(18(6)7)31-27(36)30-23(17(4)5)20(9)33/h14-18,21-24H,10-13H2,1-9H3,(H,28,34)(H,29,35)(H2,30,31,36)/b15-14+/t21-,22+,23+,24+/m1/s1. The van der Waals surface area contributed by atoms with Crippen LogP contribution in [-0.2, 0) is 19.2 Å². The Balaban J connectivity index is 5.58. The highest BCUT2D eigenvalue weighted by molar-refractivity contribution is 5.93. The van der Waals surface area contributed by atoms with Crippen molar-refractivity contribution in [3.05, 3.63) is 12.2 Å². The molecule has 36 heavy (non-hydrogen) atoms. The largest absolute Gasteiger partial charge is 0.348 e. The van der Waals surface area contributed by atoms with E-state index < -0.39 is 30.1 Å². The van der Waals surface area contributed by atoms with E-state index in [4.69, 9.17) is 0 Å². The maximum Gasteiger partial charge on any atom is 0.316 e. The van der Waals surface area contributed by atoms with Crippen LogP contribution in [-0.4, -0.2) is 53.6 Å². The number of Topliss-reactive ketones (excluding diaryl/α,β-unsaturated/α-hetero) is 1. The van der Waals surface area contributed by atoms with E-state index in [9.17, 15) is 24.0 Å². The van der Waals surface area contributed by atoms with Crippen LogP contribution in [0, 0.1) is 17.8 Å². The summed E-state index contributed by atoms with van der Waals surface area (Å²) >= 11 is 0. The second kappa shape index (κ2) is 16.9. The zero-order valence-corrected chi connectivity index (χ0v) is 23.6. The van der Waals surface area contributed by atoms with E-state index >= 15 is 0 Å². The van der Waals surface area contributed by atoms with Gasteiger partial charge in [-0.3, -0.25) is 19.2 Å². The minimum absolute atomic E-state index is 0.0421. The molecule has 0 bridgehead atoms. The van der Waals surface area contributed by atoms with E-state index in [1.807, 2.05) is 27.7 Å². The van der Waals surface area contributed by atoms with Crippen LogP contribution in [0.2, 0.25) is 0 Å². The van der Waals surface area contributed by atoms with Gasteiger partial charge in [-0.1, -0.05) is 73.8 Å². The molecule has 206 valence electrons. The number of rotatable bonds is 16. The monoisotopic (exact) mass is 508 g/mol.